The van der Waals surface area contributed by atoms with Gasteiger partial charge in [0.25, 0.3) is 17.5 Å². The third-order valence-electron chi connectivity index (χ3n) is 3.77. The van der Waals surface area contributed by atoms with Gasteiger partial charge in [-0.1, -0.05) is 31.5 Å². The normalized spacial score (nSPS) is 10.0. The number of benzene rings is 2. The van der Waals surface area contributed by atoms with Crippen molar-refractivity contribution in [3.63, 3.8) is 0 Å². The Labute approximate surface area is 167 Å². The number of para-hydroxylation sites is 1. The molecule has 0 bridgehead atoms. The number of nitro groups is 1. The van der Waals surface area contributed by atoms with Crippen LogP contribution in [0.25, 0.3) is 0 Å². The molecule has 2 aromatic rings. The highest BCUT2D eigenvalue weighted by Crippen LogP contribution is 2.17. The topological polar surface area (TPSA) is 113 Å². The number of nitrogens with zero attached hydrogens (tertiary/aromatic N) is 1. The fourth-order valence-electron chi connectivity index (χ4n) is 2.38. The highest BCUT2D eigenvalue weighted by atomic mass is 32.1. The van der Waals surface area contributed by atoms with Gasteiger partial charge in [-0.25, -0.2) is 0 Å². The molecule has 0 unspecified atom stereocenters. The van der Waals surface area contributed by atoms with E-state index in [1.165, 1.54) is 24.3 Å². The first-order valence-electron chi connectivity index (χ1n) is 8.66. The summed E-state index contributed by atoms with van der Waals surface area (Å²) in [6.45, 7) is 2.63. The molecular weight excluding hydrogens is 380 g/mol. The first kappa shape index (κ1) is 21.0. The van der Waals surface area contributed by atoms with Gasteiger partial charge in [-0.05, 0) is 42.9 Å². The van der Waals surface area contributed by atoms with E-state index in [0.29, 0.717) is 17.8 Å². The van der Waals surface area contributed by atoms with Gasteiger partial charge < -0.3 is 10.6 Å². The van der Waals surface area contributed by atoms with Crippen LogP contribution in [0.2, 0.25) is 0 Å². The summed E-state index contributed by atoms with van der Waals surface area (Å²) in [5.41, 5.74) is 0.555. The van der Waals surface area contributed by atoms with Gasteiger partial charge in [0.05, 0.1) is 4.92 Å². The Morgan fingerprint density at radius 3 is 2.57 bits per heavy atom. The van der Waals surface area contributed by atoms with Crippen LogP contribution >= 0.6 is 12.2 Å². The third kappa shape index (κ3) is 5.85. The Morgan fingerprint density at radius 1 is 1.11 bits per heavy atom. The number of anilines is 1. The van der Waals surface area contributed by atoms with Gasteiger partial charge in [0, 0.05) is 23.9 Å². The molecule has 0 heterocycles. The summed E-state index contributed by atoms with van der Waals surface area (Å²) in [6.07, 6.45) is 1.88. The molecule has 0 radical (unpaired) electrons. The second-order valence-corrected chi connectivity index (χ2v) is 6.28. The Morgan fingerprint density at radius 2 is 1.86 bits per heavy atom. The summed E-state index contributed by atoms with van der Waals surface area (Å²) in [6, 6.07) is 12.2. The van der Waals surface area contributed by atoms with Crippen LogP contribution in [0.5, 0.6) is 0 Å². The van der Waals surface area contributed by atoms with Crippen LogP contribution in [-0.2, 0) is 0 Å². The molecule has 28 heavy (non-hydrogen) atoms. The smallest absolute Gasteiger partial charge is 0.282 e. The van der Waals surface area contributed by atoms with Crippen LogP contribution in [0.4, 0.5) is 11.4 Å². The molecule has 2 amide bonds. The maximum absolute atomic E-state index is 12.3. The number of nitro benzene ring substituents is 1. The largest absolute Gasteiger partial charge is 0.352 e. The number of rotatable bonds is 7. The molecule has 0 aliphatic heterocycles. The van der Waals surface area contributed by atoms with Gasteiger partial charge in [-0.2, -0.15) is 0 Å². The summed E-state index contributed by atoms with van der Waals surface area (Å²) in [4.78, 5) is 34.8. The molecule has 0 saturated carbocycles. The molecule has 3 N–H and O–H groups in total. The highest BCUT2D eigenvalue weighted by molar-refractivity contribution is 7.80. The predicted octanol–water partition coefficient (Wildman–Crippen LogP) is 3.25. The van der Waals surface area contributed by atoms with Crippen LogP contribution in [0, 0.1) is 10.1 Å². The van der Waals surface area contributed by atoms with E-state index in [2.05, 4.69) is 16.0 Å². The van der Waals surface area contributed by atoms with E-state index >= 15 is 0 Å². The van der Waals surface area contributed by atoms with Crippen LogP contribution < -0.4 is 16.0 Å². The zero-order valence-electron chi connectivity index (χ0n) is 15.2. The maximum Gasteiger partial charge on any atom is 0.282 e. The minimum atomic E-state index is -0.696. The fraction of sp³-hybridized carbons (Fsp3) is 0.211. The summed E-state index contributed by atoms with van der Waals surface area (Å²) in [7, 11) is 0. The molecule has 0 saturated heterocycles. The van der Waals surface area contributed by atoms with Crippen molar-refractivity contribution in [1.82, 2.24) is 10.6 Å². The number of nitrogens with one attached hydrogen (secondary N) is 3. The maximum atomic E-state index is 12.3. The number of thiocarbonyl (C=S) groups is 1. The number of amides is 2. The molecule has 0 atom stereocenters. The molecule has 0 aliphatic rings. The molecule has 9 heteroatoms. The first-order valence-corrected chi connectivity index (χ1v) is 9.07. The Balaban J connectivity index is 2.02. The molecule has 146 valence electrons. The lowest BCUT2D eigenvalue weighted by Gasteiger charge is -2.11. The van der Waals surface area contributed by atoms with Crippen molar-refractivity contribution in [1.29, 1.82) is 0 Å². The molecular formula is C19H20N4O4S. The van der Waals surface area contributed by atoms with Gasteiger partial charge in [0.1, 0.15) is 5.56 Å². The molecule has 0 aromatic heterocycles. The highest BCUT2D eigenvalue weighted by Gasteiger charge is 2.20. The van der Waals surface area contributed by atoms with E-state index in [0.717, 1.165) is 12.8 Å². The van der Waals surface area contributed by atoms with Crippen molar-refractivity contribution in [3.8, 4) is 0 Å². The Bertz CT molecular complexity index is 901. The summed E-state index contributed by atoms with van der Waals surface area (Å²) in [5, 5.41) is 19.0. The molecule has 8 nitrogen and oxygen atoms in total. The summed E-state index contributed by atoms with van der Waals surface area (Å²) >= 11 is 5.10. The lowest BCUT2D eigenvalue weighted by Crippen LogP contribution is -2.34. The number of hydrogen-bond donors (Lipinski definition) is 3. The Kier molecular flexibility index (Phi) is 7.58. The van der Waals surface area contributed by atoms with Crippen molar-refractivity contribution in [3.05, 3.63) is 69.8 Å². The fourth-order valence-corrected chi connectivity index (χ4v) is 2.59. The van der Waals surface area contributed by atoms with Crippen molar-refractivity contribution in [2.24, 2.45) is 0 Å². The average Bonchev–Trinajstić information content (AvgIpc) is 2.68. The molecule has 2 aromatic carbocycles. The van der Waals surface area contributed by atoms with E-state index in [-0.39, 0.29) is 22.3 Å². The first-order chi connectivity index (χ1) is 13.4. The quantitative estimate of drug-likeness (QED) is 0.285. The number of hydrogen-bond acceptors (Lipinski definition) is 5. The standard InChI is InChI=1S/C19H20N4O4S/c1-2-3-11-20-17(24)13-7-6-8-14(12-13)21-19(28)22-18(25)15-9-4-5-10-16(15)23(26)27/h4-10,12H,2-3,11H2,1H3,(H,20,24)(H2,21,22,25,28). The van der Waals surface area contributed by atoms with Crippen molar-refractivity contribution in [2.75, 3.05) is 11.9 Å². The second-order valence-electron chi connectivity index (χ2n) is 5.87. The zero-order valence-corrected chi connectivity index (χ0v) is 16.0. The summed E-state index contributed by atoms with van der Waals surface area (Å²) in [5.74, 6) is -0.898. The van der Waals surface area contributed by atoms with Crippen LogP contribution in [0.3, 0.4) is 0 Å². The zero-order chi connectivity index (χ0) is 20.5. The minimum absolute atomic E-state index is 0.0355. The SMILES string of the molecule is CCCCNC(=O)c1cccc(NC(=S)NC(=O)c2ccccc2[N+](=O)[O-])c1. The lowest BCUT2D eigenvalue weighted by molar-refractivity contribution is -0.385. The number of carbonyl (C=O) groups excluding carboxylic acids is 2. The number of carbonyl (C=O) groups is 2. The molecule has 0 aliphatic carbocycles. The van der Waals surface area contributed by atoms with E-state index in [4.69, 9.17) is 12.2 Å². The minimum Gasteiger partial charge on any atom is -0.352 e. The van der Waals surface area contributed by atoms with E-state index < -0.39 is 10.8 Å². The van der Waals surface area contributed by atoms with Gasteiger partial charge in [0.15, 0.2) is 5.11 Å². The molecule has 2 rings (SSSR count). The Hall–Kier alpha value is -3.33. The number of unbranched alkanes of at least 4 members (excludes halogenated alkanes) is 1. The van der Waals surface area contributed by atoms with Crippen LogP contribution in [0.1, 0.15) is 40.5 Å². The monoisotopic (exact) mass is 400 g/mol. The average molecular weight is 400 g/mol. The van der Waals surface area contributed by atoms with Crippen molar-refractivity contribution >= 4 is 40.5 Å². The molecule has 0 spiro atoms. The third-order valence-corrected chi connectivity index (χ3v) is 3.98. The summed E-state index contributed by atoms with van der Waals surface area (Å²) < 4.78 is 0. The van der Waals surface area contributed by atoms with Gasteiger partial charge in [-0.3, -0.25) is 25.0 Å². The van der Waals surface area contributed by atoms with Crippen molar-refractivity contribution < 1.29 is 14.5 Å². The van der Waals surface area contributed by atoms with E-state index in [1.807, 2.05) is 6.92 Å². The van der Waals surface area contributed by atoms with Gasteiger partial charge >= 0.3 is 0 Å². The lowest BCUT2D eigenvalue weighted by atomic mass is 10.1. The van der Waals surface area contributed by atoms with Crippen LogP contribution in [-0.4, -0.2) is 28.4 Å². The van der Waals surface area contributed by atoms with Gasteiger partial charge in [0.2, 0.25) is 0 Å². The van der Waals surface area contributed by atoms with Crippen LogP contribution in [0.15, 0.2) is 48.5 Å². The molecule has 0 fully saturated rings. The predicted molar refractivity (Wildman–Crippen MR) is 110 cm³/mol. The van der Waals surface area contributed by atoms with E-state index in [1.54, 1.807) is 24.3 Å². The van der Waals surface area contributed by atoms with Gasteiger partial charge in [-0.15, -0.1) is 0 Å². The second kappa shape index (κ2) is 10.1. The van der Waals surface area contributed by atoms with Crippen molar-refractivity contribution in [2.45, 2.75) is 19.8 Å². The van der Waals surface area contributed by atoms with E-state index in [9.17, 15) is 19.7 Å².